The molecule has 0 aliphatic carbocycles. The van der Waals surface area contributed by atoms with Crippen LogP contribution in [0.5, 0.6) is 0 Å². The van der Waals surface area contributed by atoms with Gasteiger partial charge in [-0.25, -0.2) is 4.79 Å². The van der Waals surface area contributed by atoms with Crippen LogP contribution in [0.15, 0.2) is 30.3 Å². The Bertz CT molecular complexity index is 721. The second-order valence-corrected chi connectivity index (χ2v) is 6.71. The van der Waals surface area contributed by atoms with Gasteiger partial charge in [0.15, 0.2) is 0 Å². The predicted molar refractivity (Wildman–Crippen MR) is 100 cm³/mol. The monoisotopic (exact) mass is 390 g/mol. The van der Waals surface area contributed by atoms with Crippen molar-refractivity contribution >= 4 is 23.8 Å². The maximum Gasteiger partial charge on any atom is 0.326 e. The highest BCUT2D eigenvalue weighted by Gasteiger charge is 2.42. The van der Waals surface area contributed by atoms with Gasteiger partial charge in [-0.1, -0.05) is 30.3 Å². The molecule has 1 fully saturated rings. The van der Waals surface area contributed by atoms with E-state index in [0.29, 0.717) is 12.8 Å². The maximum atomic E-state index is 12.7. The number of carboxylic acids is 1. The zero-order valence-electron chi connectivity index (χ0n) is 16.1. The third-order valence-electron chi connectivity index (χ3n) is 4.69. The van der Waals surface area contributed by atoms with E-state index in [2.05, 4.69) is 5.32 Å². The summed E-state index contributed by atoms with van der Waals surface area (Å²) in [4.78, 5) is 49.1. The summed E-state index contributed by atoms with van der Waals surface area (Å²) < 4.78 is 5.09. The van der Waals surface area contributed by atoms with Crippen molar-refractivity contribution in [3.8, 4) is 0 Å². The molecule has 8 nitrogen and oxygen atoms in total. The third kappa shape index (κ3) is 5.39. The number of carbonyl (C=O) groups excluding carboxylic acids is 3. The summed E-state index contributed by atoms with van der Waals surface area (Å²) >= 11 is 0. The van der Waals surface area contributed by atoms with Crippen LogP contribution >= 0.6 is 0 Å². The van der Waals surface area contributed by atoms with Gasteiger partial charge in [-0.15, -0.1) is 0 Å². The van der Waals surface area contributed by atoms with Gasteiger partial charge in [0.1, 0.15) is 12.1 Å². The van der Waals surface area contributed by atoms with Crippen molar-refractivity contribution in [2.75, 3.05) is 6.61 Å². The van der Waals surface area contributed by atoms with Gasteiger partial charge in [-0.05, 0) is 38.7 Å². The van der Waals surface area contributed by atoms with E-state index < -0.39 is 41.9 Å². The van der Waals surface area contributed by atoms with Gasteiger partial charge in [0.2, 0.25) is 11.8 Å². The van der Waals surface area contributed by atoms with E-state index in [1.165, 1.54) is 6.92 Å². The van der Waals surface area contributed by atoms with Crippen molar-refractivity contribution in [3.63, 3.8) is 0 Å². The number of hydrogen-bond acceptors (Lipinski definition) is 6. The SMILES string of the molecule is CCOC(=O)[C@H](CCc1ccccc1)N[C@@H](C)C(=O)N1C(=O)CC[C@H]1C(=O)O. The number of carboxylic acid groups (broad SMARTS) is 1. The third-order valence-corrected chi connectivity index (χ3v) is 4.69. The van der Waals surface area contributed by atoms with Crippen molar-refractivity contribution in [2.45, 2.75) is 57.7 Å². The molecule has 0 spiro atoms. The van der Waals surface area contributed by atoms with Crippen LogP contribution < -0.4 is 5.32 Å². The van der Waals surface area contributed by atoms with Crippen LogP contribution in [0.3, 0.4) is 0 Å². The van der Waals surface area contributed by atoms with Gasteiger partial charge in [-0.3, -0.25) is 24.6 Å². The largest absolute Gasteiger partial charge is 0.480 e. The van der Waals surface area contributed by atoms with Crippen molar-refractivity contribution in [3.05, 3.63) is 35.9 Å². The zero-order chi connectivity index (χ0) is 20.7. The summed E-state index contributed by atoms with van der Waals surface area (Å²) in [5.41, 5.74) is 1.04. The summed E-state index contributed by atoms with van der Waals surface area (Å²) in [7, 11) is 0. The van der Waals surface area contributed by atoms with Gasteiger partial charge in [-0.2, -0.15) is 0 Å². The fraction of sp³-hybridized carbons (Fsp3) is 0.500. The number of carbonyl (C=O) groups is 4. The molecule has 28 heavy (non-hydrogen) atoms. The van der Waals surface area contributed by atoms with Crippen molar-refractivity contribution < 1.29 is 29.0 Å². The van der Waals surface area contributed by atoms with E-state index >= 15 is 0 Å². The highest BCUT2D eigenvalue weighted by atomic mass is 16.5. The number of nitrogens with one attached hydrogen (secondary N) is 1. The van der Waals surface area contributed by atoms with Crippen molar-refractivity contribution in [1.82, 2.24) is 10.2 Å². The molecular formula is C20H26N2O6. The molecular weight excluding hydrogens is 364 g/mol. The van der Waals surface area contributed by atoms with Gasteiger partial charge >= 0.3 is 11.9 Å². The Kier molecular flexibility index (Phi) is 7.69. The number of aliphatic carboxylic acids is 1. The molecule has 152 valence electrons. The molecule has 8 heteroatoms. The number of aryl methyl sites for hydroxylation is 1. The minimum Gasteiger partial charge on any atom is -0.480 e. The first-order valence-corrected chi connectivity index (χ1v) is 9.40. The van der Waals surface area contributed by atoms with E-state index in [-0.39, 0.29) is 19.4 Å². The van der Waals surface area contributed by atoms with E-state index in [9.17, 15) is 24.3 Å². The molecule has 1 saturated heterocycles. The predicted octanol–water partition coefficient (Wildman–Crippen LogP) is 1.13. The molecule has 1 aliphatic rings. The Morgan fingerprint density at radius 1 is 1.29 bits per heavy atom. The number of ether oxygens (including phenoxy) is 1. The number of esters is 1. The Labute approximate surface area is 163 Å². The summed E-state index contributed by atoms with van der Waals surface area (Å²) in [6.07, 6.45) is 1.11. The summed E-state index contributed by atoms with van der Waals surface area (Å²) in [6.45, 7) is 3.42. The number of amides is 2. The Morgan fingerprint density at radius 2 is 1.96 bits per heavy atom. The van der Waals surface area contributed by atoms with E-state index in [4.69, 9.17) is 4.74 Å². The summed E-state index contributed by atoms with van der Waals surface area (Å²) in [5, 5.41) is 12.2. The molecule has 1 aliphatic heterocycles. The first-order valence-electron chi connectivity index (χ1n) is 9.40. The number of imide groups is 1. The smallest absolute Gasteiger partial charge is 0.326 e. The van der Waals surface area contributed by atoms with Crippen molar-refractivity contribution in [1.29, 1.82) is 0 Å². The minimum absolute atomic E-state index is 0.0186. The normalized spacial score (nSPS) is 18.6. The Morgan fingerprint density at radius 3 is 2.57 bits per heavy atom. The molecule has 3 atom stereocenters. The fourth-order valence-electron chi connectivity index (χ4n) is 3.24. The molecule has 0 aromatic heterocycles. The molecule has 2 amide bonds. The lowest BCUT2D eigenvalue weighted by Crippen LogP contribution is -2.54. The number of rotatable bonds is 9. The second-order valence-electron chi connectivity index (χ2n) is 6.71. The molecule has 0 radical (unpaired) electrons. The Balaban J connectivity index is 2.06. The average molecular weight is 390 g/mol. The van der Waals surface area contributed by atoms with Gasteiger partial charge in [0.25, 0.3) is 0 Å². The van der Waals surface area contributed by atoms with Gasteiger partial charge in [0, 0.05) is 6.42 Å². The van der Waals surface area contributed by atoms with E-state index in [1.807, 2.05) is 30.3 Å². The summed E-state index contributed by atoms with van der Waals surface area (Å²) in [5.74, 6) is -2.86. The zero-order valence-corrected chi connectivity index (χ0v) is 16.1. The molecule has 1 heterocycles. The molecule has 2 rings (SSSR count). The van der Waals surface area contributed by atoms with Crippen LogP contribution in [0.2, 0.25) is 0 Å². The maximum absolute atomic E-state index is 12.7. The Hall–Kier alpha value is -2.74. The van der Waals surface area contributed by atoms with Crippen LogP contribution in [-0.4, -0.2) is 58.5 Å². The average Bonchev–Trinajstić information content (AvgIpc) is 3.07. The number of benzene rings is 1. The number of likely N-dealkylation sites (tertiary alicyclic amines) is 1. The minimum atomic E-state index is -1.21. The van der Waals surface area contributed by atoms with Gasteiger partial charge in [0.05, 0.1) is 12.6 Å². The first-order chi connectivity index (χ1) is 13.3. The quantitative estimate of drug-likeness (QED) is 0.608. The van der Waals surface area contributed by atoms with Crippen LogP contribution in [0, 0.1) is 0 Å². The molecule has 1 aromatic rings. The lowest BCUT2D eigenvalue weighted by molar-refractivity contribution is -0.155. The van der Waals surface area contributed by atoms with Crippen LogP contribution in [0.1, 0.15) is 38.7 Å². The van der Waals surface area contributed by atoms with Gasteiger partial charge < -0.3 is 9.84 Å². The number of nitrogens with zero attached hydrogens (tertiary/aromatic N) is 1. The topological polar surface area (TPSA) is 113 Å². The van der Waals surface area contributed by atoms with Crippen molar-refractivity contribution in [2.24, 2.45) is 0 Å². The molecule has 0 saturated carbocycles. The summed E-state index contributed by atoms with van der Waals surface area (Å²) in [6, 6.07) is 6.77. The standard InChI is InChI=1S/C20H26N2O6/c1-3-28-20(27)15(10-9-14-7-5-4-6-8-14)21-13(2)18(24)22-16(19(25)26)11-12-17(22)23/h4-8,13,15-16,21H,3,9-12H2,1-2H3,(H,25,26)/t13-,15-,16-/m0/s1. The molecule has 0 unspecified atom stereocenters. The molecule has 2 N–H and O–H groups in total. The van der Waals surface area contributed by atoms with E-state index in [0.717, 1.165) is 10.5 Å². The first kappa shape index (κ1) is 21.6. The van der Waals surface area contributed by atoms with E-state index in [1.54, 1.807) is 6.92 Å². The highest BCUT2D eigenvalue weighted by Crippen LogP contribution is 2.20. The van der Waals surface area contributed by atoms with Crippen LogP contribution in [0.25, 0.3) is 0 Å². The second kappa shape index (κ2) is 9.98. The number of hydrogen-bond donors (Lipinski definition) is 2. The van der Waals surface area contributed by atoms with Crippen LogP contribution in [0.4, 0.5) is 0 Å². The molecule has 0 bridgehead atoms. The highest BCUT2D eigenvalue weighted by molar-refractivity contribution is 6.03. The lowest BCUT2D eigenvalue weighted by Gasteiger charge is -2.26. The fourth-order valence-corrected chi connectivity index (χ4v) is 3.24. The molecule has 1 aromatic carbocycles. The lowest BCUT2D eigenvalue weighted by atomic mass is 10.0. The van der Waals surface area contributed by atoms with Crippen LogP contribution in [-0.2, 0) is 30.3 Å².